The van der Waals surface area contributed by atoms with Gasteiger partial charge in [-0.15, -0.1) is 11.3 Å². The van der Waals surface area contributed by atoms with Crippen molar-refractivity contribution in [1.82, 2.24) is 5.32 Å². The van der Waals surface area contributed by atoms with Crippen molar-refractivity contribution in [3.8, 4) is 6.07 Å². The molecular formula is C22H28N3OS+. The molecule has 0 radical (unpaired) electrons. The van der Waals surface area contributed by atoms with Crippen molar-refractivity contribution in [2.45, 2.75) is 51.1 Å². The number of nitriles is 1. The molecule has 27 heavy (non-hydrogen) atoms. The zero-order valence-corrected chi connectivity index (χ0v) is 17.1. The number of nitrogens with two attached hydrogens (primary N) is 1. The van der Waals surface area contributed by atoms with Gasteiger partial charge in [0.05, 0.1) is 10.9 Å². The molecule has 3 N–H and O–H groups in total. The van der Waals surface area contributed by atoms with E-state index in [0.29, 0.717) is 18.4 Å². The summed E-state index contributed by atoms with van der Waals surface area (Å²) in [6.45, 7) is 6.52. The van der Waals surface area contributed by atoms with Crippen molar-refractivity contribution >= 4 is 17.2 Å². The number of nitrogens with one attached hydrogen (secondary N) is 1. The van der Waals surface area contributed by atoms with E-state index in [1.165, 1.54) is 16.0 Å². The maximum atomic E-state index is 12.5. The van der Waals surface area contributed by atoms with Crippen LogP contribution in [0.1, 0.15) is 61.6 Å². The number of hydrogen-bond acceptors (Lipinski definition) is 3. The molecule has 142 valence electrons. The molecule has 0 spiro atoms. The standard InChI is InChI=1S/C22H27N3OS/c1-15(2)16-6-8-17(9-7-16)21(19-5-4-12-27-19)24-13-20(26)25-22(3,14-23)18-10-11-18/h4-9,12,15,18,21,24H,10-11,13H2,1-3H3,(H,25,26)/p+1/t21-,22-/m1/s1. The van der Waals surface area contributed by atoms with Gasteiger partial charge in [-0.05, 0) is 48.6 Å². The second-order valence-corrected chi connectivity index (χ2v) is 8.87. The normalized spacial score (nSPS) is 17.1. The molecule has 1 aromatic heterocycles. The summed E-state index contributed by atoms with van der Waals surface area (Å²) in [7, 11) is 0. The van der Waals surface area contributed by atoms with Gasteiger partial charge in [0.15, 0.2) is 6.54 Å². The number of rotatable bonds is 8. The number of hydrogen-bond donors (Lipinski definition) is 2. The minimum Gasteiger partial charge on any atom is -0.333 e. The van der Waals surface area contributed by atoms with Crippen LogP contribution >= 0.6 is 11.3 Å². The molecule has 1 fully saturated rings. The van der Waals surface area contributed by atoms with Gasteiger partial charge in [0.2, 0.25) is 0 Å². The highest BCUT2D eigenvalue weighted by molar-refractivity contribution is 7.10. The summed E-state index contributed by atoms with van der Waals surface area (Å²) in [6, 6.07) is 15.2. The van der Waals surface area contributed by atoms with E-state index in [-0.39, 0.29) is 11.9 Å². The number of carbonyl (C=O) groups excluding carboxylic acids is 1. The molecular weight excluding hydrogens is 354 g/mol. The van der Waals surface area contributed by atoms with E-state index in [4.69, 9.17) is 0 Å². The van der Waals surface area contributed by atoms with Crippen molar-refractivity contribution in [3.05, 3.63) is 57.8 Å². The molecule has 1 amide bonds. The third-order valence-corrected chi connectivity index (χ3v) is 6.33. The Bertz CT molecular complexity index is 803. The second kappa shape index (κ2) is 8.24. The largest absolute Gasteiger partial charge is 0.333 e. The molecule has 3 rings (SSSR count). The van der Waals surface area contributed by atoms with Gasteiger partial charge < -0.3 is 10.6 Å². The highest BCUT2D eigenvalue weighted by Gasteiger charge is 2.43. The number of nitrogens with zero attached hydrogens (tertiary/aromatic N) is 1. The molecule has 0 unspecified atom stereocenters. The second-order valence-electron chi connectivity index (χ2n) is 7.89. The fourth-order valence-electron chi connectivity index (χ4n) is 3.42. The Hall–Kier alpha value is -2.16. The quantitative estimate of drug-likeness (QED) is 0.735. The lowest BCUT2D eigenvalue weighted by molar-refractivity contribution is -0.676. The van der Waals surface area contributed by atoms with Gasteiger partial charge in [0.25, 0.3) is 5.91 Å². The van der Waals surface area contributed by atoms with Crippen LogP contribution in [0.25, 0.3) is 0 Å². The summed E-state index contributed by atoms with van der Waals surface area (Å²) in [5, 5.41) is 16.5. The van der Waals surface area contributed by atoms with Crippen LogP contribution in [0.3, 0.4) is 0 Å². The number of quaternary nitrogens is 1. The third-order valence-electron chi connectivity index (χ3n) is 5.38. The first-order valence-electron chi connectivity index (χ1n) is 9.62. The first-order valence-corrected chi connectivity index (χ1v) is 10.5. The Balaban J connectivity index is 1.69. The first kappa shape index (κ1) is 19.6. The van der Waals surface area contributed by atoms with E-state index in [0.717, 1.165) is 12.8 Å². The average Bonchev–Trinajstić information content (AvgIpc) is 3.39. The Morgan fingerprint density at radius 2 is 1.96 bits per heavy atom. The fraction of sp³-hybridized carbons (Fsp3) is 0.455. The lowest BCUT2D eigenvalue weighted by atomic mass is 9.97. The highest BCUT2D eigenvalue weighted by atomic mass is 32.1. The molecule has 1 aromatic carbocycles. The van der Waals surface area contributed by atoms with Gasteiger partial charge in [-0.1, -0.05) is 44.2 Å². The maximum absolute atomic E-state index is 12.5. The van der Waals surface area contributed by atoms with Crippen LogP contribution in [-0.2, 0) is 4.79 Å². The van der Waals surface area contributed by atoms with Crippen molar-refractivity contribution in [2.75, 3.05) is 6.54 Å². The summed E-state index contributed by atoms with van der Waals surface area (Å²) < 4.78 is 0. The molecule has 1 aliphatic rings. The summed E-state index contributed by atoms with van der Waals surface area (Å²) >= 11 is 1.71. The Morgan fingerprint density at radius 3 is 2.48 bits per heavy atom. The van der Waals surface area contributed by atoms with Crippen LogP contribution < -0.4 is 10.6 Å². The molecule has 1 saturated carbocycles. The highest BCUT2D eigenvalue weighted by Crippen LogP contribution is 2.39. The number of carbonyl (C=O) groups is 1. The van der Waals surface area contributed by atoms with Crippen LogP contribution in [0.5, 0.6) is 0 Å². The third kappa shape index (κ3) is 4.77. The Kier molecular flexibility index (Phi) is 5.98. The summed E-state index contributed by atoms with van der Waals surface area (Å²) in [5.74, 6) is 0.717. The fourth-order valence-corrected chi connectivity index (χ4v) is 4.27. The lowest BCUT2D eigenvalue weighted by Gasteiger charge is -2.23. The van der Waals surface area contributed by atoms with Crippen LogP contribution in [0, 0.1) is 17.2 Å². The summed E-state index contributed by atoms with van der Waals surface area (Å²) in [5.41, 5.74) is 1.78. The topological polar surface area (TPSA) is 69.5 Å². The van der Waals surface area contributed by atoms with E-state index in [1.807, 2.05) is 13.0 Å². The SMILES string of the molecule is CC(C)c1ccc([C@@H]([NH2+]CC(=O)N[C@](C)(C#N)C2CC2)c2cccs2)cc1. The zero-order valence-electron chi connectivity index (χ0n) is 16.2. The summed E-state index contributed by atoms with van der Waals surface area (Å²) in [6.07, 6.45) is 2.04. The molecule has 4 nitrogen and oxygen atoms in total. The molecule has 2 atom stereocenters. The number of benzene rings is 1. The molecule has 0 saturated heterocycles. The van der Waals surface area contributed by atoms with E-state index < -0.39 is 5.54 Å². The lowest BCUT2D eigenvalue weighted by Crippen LogP contribution is -2.88. The molecule has 0 bridgehead atoms. The molecule has 1 aliphatic carbocycles. The Labute approximate surface area is 165 Å². The van der Waals surface area contributed by atoms with Crippen molar-refractivity contribution in [2.24, 2.45) is 5.92 Å². The first-order chi connectivity index (χ1) is 12.9. The van der Waals surface area contributed by atoms with Crippen LogP contribution in [0.2, 0.25) is 0 Å². The number of thiophene rings is 1. The van der Waals surface area contributed by atoms with Gasteiger partial charge in [0.1, 0.15) is 11.6 Å². The molecule has 2 aromatic rings. The van der Waals surface area contributed by atoms with Gasteiger partial charge >= 0.3 is 0 Å². The van der Waals surface area contributed by atoms with Gasteiger partial charge in [-0.25, -0.2) is 0 Å². The number of amides is 1. The average molecular weight is 383 g/mol. The van der Waals surface area contributed by atoms with E-state index in [9.17, 15) is 10.1 Å². The smallest absolute Gasteiger partial charge is 0.276 e. The van der Waals surface area contributed by atoms with E-state index in [2.05, 4.69) is 66.3 Å². The van der Waals surface area contributed by atoms with Gasteiger partial charge in [0, 0.05) is 5.56 Å². The predicted octanol–water partition coefficient (Wildman–Crippen LogP) is 3.33. The molecule has 5 heteroatoms. The maximum Gasteiger partial charge on any atom is 0.276 e. The van der Waals surface area contributed by atoms with Crippen molar-refractivity contribution in [1.29, 1.82) is 5.26 Å². The zero-order chi connectivity index (χ0) is 19.4. The van der Waals surface area contributed by atoms with Crippen LogP contribution in [0.4, 0.5) is 0 Å². The van der Waals surface area contributed by atoms with Crippen molar-refractivity contribution < 1.29 is 10.1 Å². The van der Waals surface area contributed by atoms with Gasteiger partial charge in [-0.3, -0.25) is 4.79 Å². The van der Waals surface area contributed by atoms with Gasteiger partial charge in [-0.2, -0.15) is 5.26 Å². The van der Waals surface area contributed by atoms with Crippen LogP contribution in [-0.4, -0.2) is 18.0 Å². The van der Waals surface area contributed by atoms with E-state index in [1.54, 1.807) is 11.3 Å². The summed E-state index contributed by atoms with van der Waals surface area (Å²) in [4.78, 5) is 13.7. The molecule has 1 heterocycles. The minimum absolute atomic E-state index is 0.0775. The van der Waals surface area contributed by atoms with E-state index >= 15 is 0 Å². The van der Waals surface area contributed by atoms with Crippen LogP contribution in [0.15, 0.2) is 41.8 Å². The predicted molar refractivity (Wildman–Crippen MR) is 108 cm³/mol. The van der Waals surface area contributed by atoms with Crippen molar-refractivity contribution in [3.63, 3.8) is 0 Å². The minimum atomic E-state index is -0.734. The molecule has 0 aliphatic heterocycles. The monoisotopic (exact) mass is 382 g/mol. The Morgan fingerprint density at radius 1 is 1.30 bits per heavy atom.